The van der Waals surface area contributed by atoms with Crippen LogP contribution in [0.2, 0.25) is 0 Å². The summed E-state index contributed by atoms with van der Waals surface area (Å²) < 4.78 is 0. The zero-order valence-electron chi connectivity index (χ0n) is 6.96. The van der Waals surface area contributed by atoms with E-state index in [0.717, 1.165) is 0 Å². The van der Waals surface area contributed by atoms with Gasteiger partial charge in [0.1, 0.15) is 0 Å². The Morgan fingerprint density at radius 2 is 2.27 bits per heavy atom. The van der Waals surface area contributed by atoms with E-state index >= 15 is 0 Å². The van der Waals surface area contributed by atoms with Gasteiger partial charge in [-0.25, -0.2) is 0 Å². The summed E-state index contributed by atoms with van der Waals surface area (Å²) in [5.41, 5.74) is 1.63. The molecule has 0 aromatic heterocycles. The maximum atomic E-state index is 2.36. The first kappa shape index (κ1) is 6.90. The molecular formula is C11H14. The van der Waals surface area contributed by atoms with E-state index in [1.807, 2.05) is 0 Å². The Hall–Kier alpha value is -0.780. The molecule has 0 heteroatoms. The maximum absolute atomic E-state index is 2.36. The zero-order chi connectivity index (χ0) is 7.68. The molecule has 2 rings (SSSR count). The minimum Gasteiger partial charge on any atom is -0.0876 e. The first-order chi connectivity index (χ1) is 5.38. The van der Waals surface area contributed by atoms with E-state index in [2.05, 4.69) is 37.3 Å². The second-order valence-corrected chi connectivity index (χ2v) is 3.48. The summed E-state index contributed by atoms with van der Waals surface area (Å²) in [5, 5.41) is 0. The van der Waals surface area contributed by atoms with Gasteiger partial charge < -0.3 is 0 Å². The van der Waals surface area contributed by atoms with Crippen molar-refractivity contribution in [3.05, 3.63) is 36.0 Å². The van der Waals surface area contributed by atoms with Gasteiger partial charge in [-0.3, -0.25) is 0 Å². The number of hydrogen-bond acceptors (Lipinski definition) is 0. The van der Waals surface area contributed by atoms with E-state index in [0.29, 0.717) is 11.8 Å². The highest BCUT2D eigenvalue weighted by atomic mass is 14.2. The van der Waals surface area contributed by atoms with Crippen molar-refractivity contribution >= 4 is 0 Å². The average molecular weight is 146 g/mol. The normalized spacial score (nSPS) is 34.8. The topological polar surface area (TPSA) is 0 Å². The molecule has 0 amide bonds. The Kier molecular flexibility index (Phi) is 1.69. The van der Waals surface area contributed by atoms with Gasteiger partial charge in [0.15, 0.2) is 0 Å². The van der Waals surface area contributed by atoms with E-state index < -0.39 is 0 Å². The van der Waals surface area contributed by atoms with Gasteiger partial charge in [-0.2, -0.15) is 0 Å². The SMILES string of the molecule is CC1C=CC=C2CCC=CC21. The van der Waals surface area contributed by atoms with Crippen molar-refractivity contribution in [1.29, 1.82) is 0 Å². The van der Waals surface area contributed by atoms with Gasteiger partial charge in [0.05, 0.1) is 0 Å². The Morgan fingerprint density at radius 1 is 1.36 bits per heavy atom. The van der Waals surface area contributed by atoms with Gasteiger partial charge in [-0.1, -0.05) is 42.9 Å². The van der Waals surface area contributed by atoms with Crippen LogP contribution in [0.25, 0.3) is 0 Å². The summed E-state index contributed by atoms with van der Waals surface area (Å²) in [6, 6.07) is 0. The van der Waals surface area contributed by atoms with Gasteiger partial charge in [0.25, 0.3) is 0 Å². The summed E-state index contributed by atoms with van der Waals surface area (Å²) in [5.74, 6) is 1.43. The molecule has 2 atom stereocenters. The lowest BCUT2D eigenvalue weighted by Crippen LogP contribution is -2.14. The van der Waals surface area contributed by atoms with Crippen molar-refractivity contribution in [3.63, 3.8) is 0 Å². The zero-order valence-corrected chi connectivity index (χ0v) is 6.96. The molecule has 0 fully saturated rings. The second kappa shape index (κ2) is 2.69. The summed E-state index contributed by atoms with van der Waals surface area (Å²) in [4.78, 5) is 0. The summed E-state index contributed by atoms with van der Waals surface area (Å²) in [7, 11) is 0. The molecule has 0 heterocycles. The van der Waals surface area contributed by atoms with E-state index in [1.54, 1.807) is 5.57 Å². The van der Waals surface area contributed by atoms with Crippen LogP contribution in [-0.4, -0.2) is 0 Å². The fourth-order valence-electron chi connectivity index (χ4n) is 1.96. The van der Waals surface area contributed by atoms with Gasteiger partial charge >= 0.3 is 0 Å². The predicted octanol–water partition coefficient (Wildman–Crippen LogP) is 3.08. The van der Waals surface area contributed by atoms with Crippen LogP contribution in [0.15, 0.2) is 36.0 Å². The number of hydrogen-bond donors (Lipinski definition) is 0. The fraction of sp³-hybridized carbons (Fsp3) is 0.455. The van der Waals surface area contributed by atoms with Crippen LogP contribution >= 0.6 is 0 Å². The Bertz CT molecular complexity index is 230. The fourth-order valence-corrected chi connectivity index (χ4v) is 1.96. The lowest BCUT2D eigenvalue weighted by molar-refractivity contribution is 0.541. The monoisotopic (exact) mass is 146 g/mol. The quantitative estimate of drug-likeness (QED) is 0.461. The van der Waals surface area contributed by atoms with E-state index in [4.69, 9.17) is 0 Å². The number of fused-ring (bicyclic) bond motifs is 1. The lowest BCUT2D eigenvalue weighted by atomic mass is 9.78. The third-order valence-corrected chi connectivity index (χ3v) is 2.66. The van der Waals surface area contributed by atoms with Crippen molar-refractivity contribution in [2.75, 3.05) is 0 Å². The molecule has 2 unspecified atom stereocenters. The van der Waals surface area contributed by atoms with E-state index in [-0.39, 0.29) is 0 Å². The third kappa shape index (κ3) is 1.18. The lowest BCUT2D eigenvalue weighted by Gasteiger charge is -2.26. The number of rotatable bonds is 0. The molecule has 0 nitrogen and oxygen atoms in total. The molecule has 0 N–H and O–H groups in total. The van der Waals surface area contributed by atoms with Crippen LogP contribution in [0, 0.1) is 11.8 Å². The molecule has 0 radical (unpaired) electrons. The standard InChI is InChI=1S/C11H14/c1-9-5-4-7-10-6-2-3-8-11(9)10/h3-5,7-9,11H,2,6H2,1H3. The van der Waals surface area contributed by atoms with Crippen LogP contribution < -0.4 is 0 Å². The van der Waals surface area contributed by atoms with Crippen LogP contribution in [0.3, 0.4) is 0 Å². The van der Waals surface area contributed by atoms with Gasteiger partial charge in [-0.15, -0.1) is 0 Å². The highest BCUT2D eigenvalue weighted by Crippen LogP contribution is 2.33. The molecule has 0 aromatic rings. The highest BCUT2D eigenvalue weighted by Gasteiger charge is 2.20. The first-order valence-corrected chi connectivity index (χ1v) is 4.42. The molecule has 0 aliphatic heterocycles. The molecule has 0 aromatic carbocycles. The Morgan fingerprint density at radius 3 is 3.09 bits per heavy atom. The average Bonchev–Trinajstić information content (AvgIpc) is 2.06. The van der Waals surface area contributed by atoms with Gasteiger partial charge in [0.2, 0.25) is 0 Å². The van der Waals surface area contributed by atoms with Crippen LogP contribution in [-0.2, 0) is 0 Å². The summed E-state index contributed by atoms with van der Waals surface area (Å²) >= 11 is 0. The smallest absolute Gasteiger partial charge is 0.00403 e. The third-order valence-electron chi connectivity index (χ3n) is 2.66. The Balaban J connectivity index is 2.29. The van der Waals surface area contributed by atoms with Crippen molar-refractivity contribution in [2.45, 2.75) is 19.8 Å². The molecule has 11 heavy (non-hydrogen) atoms. The van der Waals surface area contributed by atoms with Crippen LogP contribution in [0.5, 0.6) is 0 Å². The molecule has 0 bridgehead atoms. The second-order valence-electron chi connectivity index (χ2n) is 3.48. The summed E-state index contributed by atoms with van der Waals surface area (Å²) in [6.07, 6.45) is 14.0. The largest absolute Gasteiger partial charge is 0.0876 e. The van der Waals surface area contributed by atoms with Crippen molar-refractivity contribution in [3.8, 4) is 0 Å². The van der Waals surface area contributed by atoms with Gasteiger partial charge in [0, 0.05) is 5.92 Å². The molecule has 2 aliphatic carbocycles. The highest BCUT2D eigenvalue weighted by molar-refractivity contribution is 5.29. The molecule has 2 aliphatic rings. The Labute approximate surface area is 68.3 Å². The maximum Gasteiger partial charge on any atom is 0.00403 e. The minimum absolute atomic E-state index is 0.714. The van der Waals surface area contributed by atoms with Crippen LogP contribution in [0.1, 0.15) is 19.8 Å². The van der Waals surface area contributed by atoms with Gasteiger partial charge in [-0.05, 0) is 18.8 Å². The predicted molar refractivity (Wildman–Crippen MR) is 48.3 cm³/mol. The molecule has 58 valence electrons. The van der Waals surface area contributed by atoms with Crippen molar-refractivity contribution in [2.24, 2.45) is 11.8 Å². The van der Waals surface area contributed by atoms with E-state index in [1.165, 1.54) is 12.8 Å². The molecule has 0 saturated heterocycles. The van der Waals surface area contributed by atoms with Crippen molar-refractivity contribution in [1.82, 2.24) is 0 Å². The molecule has 0 spiro atoms. The number of allylic oxidation sites excluding steroid dienone is 6. The van der Waals surface area contributed by atoms with E-state index in [9.17, 15) is 0 Å². The molecular weight excluding hydrogens is 132 g/mol. The minimum atomic E-state index is 0.714. The summed E-state index contributed by atoms with van der Waals surface area (Å²) in [6.45, 7) is 2.30. The molecule has 0 saturated carbocycles. The first-order valence-electron chi connectivity index (χ1n) is 4.42. The van der Waals surface area contributed by atoms with Crippen LogP contribution in [0.4, 0.5) is 0 Å². The van der Waals surface area contributed by atoms with Crippen molar-refractivity contribution < 1.29 is 0 Å².